The number of aliphatic hydroxyl groups is 4. The van der Waals surface area contributed by atoms with Gasteiger partial charge in [-0.05, 0) is 6.07 Å². The van der Waals surface area contributed by atoms with Crippen LogP contribution < -0.4 is 10.2 Å². The molecule has 31 heavy (non-hydrogen) atoms. The molecule has 10 heteroatoms. The van der Waals surface area contributed by atoms with Gasteiger partial charge in [-0.25, -0.2) is 0 Å². The zero-order valence-electron chi connectivity index (χ0n) is 16.0. The summed E-state index contributed by atoms with van der Waals surface area (Å²) in [6, 6.07) is 8.54. The molecule has 1 aliphatic heterocycles. The average molecular weight is 432 g/mol. The minimum absolute atomic E-state index is 0.0382. The van der Waals surface area contributed by atoms with E-state index in [0.717, 1.165) is 12.3 Å². The lowest BCUT2D eigenvalue weighted by atomic mass is 9.99. The second-order valence-electron chi connectivity index (χ2n) is 7.13. The third-order valence-corrected chi connectivity index (χ3v) is 5.13. The summed E-state index contributed by atoms with van der Waals surface area (Å²) in [6.07, 6.45) is -6.33. The Bertz CT molecular complexity index is 1150. The molecule has 10 nitrogen and oxygen atoms in total. The summed E-state index contributed by atoms with van der Waals surface area (Å²) in [5.74, 6) is -0.674. The van der Waals surface area contributed by atoms with Gasteiger partial charge in [-0.2, -0.15) is 0 Å². The fourth-order valence-corrected chi connectivity index (χ4v) is 3.46. The Morgan fingerprint density at radius 3 is 2.39 bits per heavy atom. The van der Waals surface area contributed by atoms with Crippen LogP contribution in [-0.2, 0) is 4.74 Å². The standard InChI is InChI=1S/C21H20O10/c22-7-15-18(26)19(27)20(28)21(31-15)30-9-5-13(24)16-14(6-9)29-8-11(17(16)25)10-3-1-2-4-12(10)23/h1-6,8,15,18-24,26-28H,7H2/t15?,18-,19+,20?,21-/m1/s1. The number of ether oxygens (including phenoxy) is 2. The van der Waals surface area contributed by atoms with Crippen LogP contribution in [0.4, 0.5) is 0 Å². The molecule has 0 amide bonds. The molecule has 0 saturated carbocycles. The second kappa shape index (κ2) is 8.17. The predicted octanol–water partition coefficient (Wildman–Crippen LogP) is 0.0499. The summed E-state index contributed by atoms with van der Waals surface area (Å²) in [5.41, 5.74) is -0.342. The van der Waals surface area contributed by atoms with E-state index in [9.17, 15) is 35.4 Å². The van der Waals surface area contributed by atoms with Gasteiger partial charge in [-0.15, -0.1) is 0 Å². The van der Waals surface area contributed by atoms with E-state index in [4.69, 9.17) is 13.9 Å². The molecular formula is C21H20O10. The van der Waals surface area contributed by atoms with E-state index in [2.05, 4.69) is 0 Å². The lowest BCUT2D eigenvalue weighted by Crippen LogP contribution is -2.60. The van der Waals surface area contributed by atoms with Crippen molar-refractivity contribution in [3.63, 3.8) is 0 Å². The van der Waals surface area contributed by atoms with Crippen molar-refractivity contribution in [2.45, 2.75) is 30.7 Å². The molecule has 0 radical (unpaired) electrons. The van der Waals surface area contributed by atoms with Crippen LogP contribution in [0.5, 0.6) is 17.2 Å². The van der Waals surface area contributed by atoms with Gasteiger partial charge in [0.1, 0.15) is 58.9 Å². The predicted molar refractivity (Wildman–Crippen MR) is 106 cm³/mol. The number of benzene rings is 2. The monoisotopic (exact) mass is 432 g/mol. The maximum absolute atomic E-state index is 12.9. The highest BCUT2D eigenvalue weighted by Crippen LogP contribution is 2.34. The van der Waals surface area contributed by atoms with Gasteiger partial charge in [0.25, 0.3) is 0 Å². The van der Waals surface area contributed by atoms with E-state index in [-0.39, 0.29) is 33.6 Å². The zero-order chi connectivity index (χ0) is 22.3. The largest absolute Gasteiger partial charge is 0.507 e. The number of hydrogen-bond donors (Lipinski definition) is 6. The van der Waals surface area contributed by atoms with Gasteiger partial charge in [-0.3, -0.25) is 4.79 Å². The third kappa shape index (κ3) is 3.71. The number of rotatable bonds is 4. The summed E-state index contributed by atoms with van der Waals surface area (Å²) in [4.78, 5) is 12.9. The second-order valence-corrected chi connectivity index (χ2v) is 7.13. The highest BCUT2D eigenvalue weighted by atomic mass is 16.7. The van der Waals surface area contributed by atoms with E-state index in [1.165, 1.54) is 18.2 Å². The van der Waals surface area contributed by atoms with Gasteiger partial charge in [0.2, 0.25) is 11.7 Å². The van der Waals surface area contributed by atoms with E-state index in [0.29, 0.717) is 0 Å². The number of para-hydroxylation sites is 1. The Kier molecular flexibility index (Phi) is 5.56. The molecule has 1 saturated heterocycles. The minimum atomic E-state index is -1.65. The SMILES string of the molecule is O=c1c(-c2ccccc2O)coc2cc(O[C@@H]3OC(CO)[C@@H](O)[C@H](O)C3O)cc(O)c12. The minimum Gasteiger partial charge on any atom is -0.507 e. The smallest absolute Gasteiger partial charge is 0.229 e. The molecule has 2 aromatic carbocycles. The van der Waals surface area contributed by atoms with Crippen molar-refractivity contribution in [3.05, 3.63) is 52.9 Å². The molecule has 164 valence electrons. The molecule has 0 aliphatic carbocycles. The van der Waals surface area contributed by atoms with Crippen molar-refractivity contribution in [1.29, 1.82) is 0 Å². The summed E-state index contributed by atoms with van der Waals surface area (Å²) < 4.78 is 16.2. The highest BCUT2D eigenvalue weighted by Gasteiger charge is 2.44. The molecule has 3 aromatic rings. The molecule has 4 rings (SSSR count). The van der Waals surface area contributed by atoms with Crippen LogP contribution in [0.15, 0.2) is 51.9 Å². The van der Waals surface area contributed by atoms with Crippen LogP contribution >= 0.6 is 0 Å². The number of aromatic hydroxyl groups is 2. The number of aliphatic hydroxyl groups excluding tert-OH is 4. The molecule has 5 atom stereocenters. The first-order valence-electron chi connectivity index (χ1n) is 9.36. The maximum Gasteiger partial charge on any atom is 0.229 e. The van der Waals surface area contributed by atoms with Gasteiger partial charge in [0, 0.05) is 17.7 Å². The van der Waals surface area contributed by atoms with Gasteiger partial charge in [0.15, 0.2) is 0 Å². The summed E-state index contributed by atoms with van der Waals surface area (Å²) in [7, 11) is 0. The van der Waals surface area contributed by atoms with Gasteiger partial charge >= 0.3 is 0 Å². The van der Waals surface area contributed by atoms with Gasteiger partial charge < -0.3 is 44.5 Å². The number of hydrogen-bond acceptors (Lipinski definition) is 10. The number of phenols is 2. The topological polar surface area (TPSA) is 170 Å². The van der Waals surface area contributed by atoms with Crippen molar-refractivity contribution in [1.82, 2.24) is 0 Å². The molecule has 1 fully saturated rings. The van der Waals surface area contributed by atoms with E-state index >= 15 is 0 Å². The summed E-state index contributed by atoms with van der Waals surface area (Å²) >= 11 is 0. The summed E-state index contributed by atoms with van der Waals surface area (Å²) in [6.45, 7) is -0.627. The quantitative estimate of drug-likeness (QED) is 0.331. The van der Waals surface area contributed by atoms with Crippen LogP contribution in [0.2, 0.25) is 0 Å². The Balaban J connectivity index is 1.70. The maximum atomic E-state index is 12.9. The average Bonchev–Trinajstić information content (AvgIpc) is 2.75. The molecule has 0 bridgehead atoms. The zero-order valence-corrected chi connectivity index (χ0v) is 16.0. The highest BCUT2D eigenvalue weighted by molar-refractivity contribution is 5.88. The Morgan fingerprint density at radius 2 is 1.68 bits per heavy atom. The molecule has 2 heterocycles. The third-order valence-electron chi connectivity index (χ3n) is 5.13. The lowest BCUT2D eigenvalue weighted by molar-refractivity contribution is -0.277. The van der Waals surface area contributed by atoms with Gasteiger partial charge in [0.05, 0.1) is 12.2 Å². The van der Waals surface area contributed by atoms with Crippen LogP contribution in [0.3, 0.4) is 0 Å². The van der Waals surface area contributed by atoms with E-state index in [1.807, 2.05) is 0 Å². The van der Waals surface area contributed by atoms with Crippen molar-refractivity contribution in [3.8, 4) is 28.4 Å². The summed E-state index contributed by atoms with van der Waals surface area (Å²) in [5, 5.41) is 59.3. The molecule has 1 aliphatic rings. The first-order valence-corrected chi connectivity index (χ1v) is 9.36. The van der Waals surface area contributed by atoms with Crippen LogP contribution in [0.25, 0.3) is 22.1 Å². The Labute approximate surface area is 174 Å². The van der Waals surface area contributed by atoms with Crippen molar-refractivity contribution >= 4 is 11.0 Å². The fourth-order valence-electron chi connectivity index (χ4n) is 3.46. The fraction of sp³-hybridized carbons (Fsp3) is 0.286. The number of phenolic OH excluding ortho intramolecular Hbond substituents is 2. The molecular weight excluding hydrogens is 412 g/mol. The molecule has 0 spiro atoms. The van der Waals surface area contributed by atoms with Crippen LogP contribution in [-0.4, -0.2) is 68.0 Å². The Morgan fingerprint density at radius 1 is 0.935 bits per heavy atom. The molecule has 1 aromatic heterocycles. The van der Waals surface area contributed by atoms with Crippen LogP contribution in [0.1, 0.15) is 0 Å². The molecule has 6 N–H and O–H groups in total. The van der Waals surface area contributed by atoms with Gasteiger partial charge in [-0.1, -0.05) is 18.2 Å². The molecule has 2 unspecified atom stereocenters. The normalized spacial score (nSPS) is 26.1. The van der Waals surface area contributed by atoms with E-state index in [1.54, 1.807) is 12.1 Å². The first kappa shape index (κ1) is 21.1. The van der Waals surface area contributed by atoms with Crippen LogP contribution in [0, 0.1) is 0 Å². The van der Waals surface area contributed by atoms with Crippen molar-refractivity contribution in [2.75, 3.05) is 6.61 Å². The number of fused-ring (bicyclic) bond motifs is 1. The van der Waals surface area contributed by atoms with E-state index < -0.39 is 48.5 Å². The lowest BCUT2D eigenvalue weighted by Gasteiger charge is -2.39. The Hall–Kier alpha value is -3.15. The van der Waals surface area contributed by atoms with Crippen molar-refractivity contribution in [2.24, 2.45) is 0 Å². The first-order chi connectivity index (χ1) is 14.8. The van der Waals surface area contributed by atoms with Crippen molar-refractivity contribution < 1.29 is 44.5 Å².